The molecular weight excluding hydrogens is 381 g/mol. The van der Waals surface area contributed by atoms with Crippen LogP contribution in [0, 0.1) is 5.92 Å². The van der Waals surface area contributed by atoms with E-state index in [4.69, 9.17) is 9.15 Å². The molecule has 0 aromatic carbocycles. The molecule has 0 saturated carbocycles. The van der Waals surface area contributed by atoms with Crippen LogP contribution in [0.4, 0.5) is 4.39 Å². The van der Waals surface area contributed by atoms with Crippen molar-refractivity contribution in [1.29, 1.82) is 0 Å². The molecule has 2 heterocycles. The number of aliphatic hydroxyl groups excluding tert-OH is 1. The number of carbonyl (C=O) groups is 3. The Morgan fingerprint density at radius 1 is 1.38 bits per heavy atom. The van der Waals surface area contributed by atoms with Crippen molar-refractivity contribution in [3.05, 3.63) is 58.5 Å². The SMILES string of the molecule is COC(=O)C1=CC(F)=CCC1Cc1ccc(C(=O)C2=C(O)C(=O)N(C(C)C)C2)o1. The van der Waals surface area contributed by atoms with Crippen molar-refractivity contribution in [2.45, 2.75) is 32.7 Å². The van der Waals surface area contributed by atoms with Crippen LogP contribution in [-0.2, 0) is 20.7 Å². The van der Waals surface area contributed by atoms with Crippen molar-refractivity contribution in [3.63, 3.8) is 0 Å². The summed E-state index contributed by atoms with van der Waals surface area (Å²) in [6, 6.07) is 2.89. The van der Waals surface area contributed by atoms with Gasteiger partial charge < -0.3 is 19.2 Å². The van der Waals surface area contributed by atoms with Gasteiger partial charge in [-0.3, -0.25) is 9.59 Å². The average molecular weight is 403 g/mol. The number of hydrogen-bond donors (Lipinski definition) is 1. The summed E-state index contributed by atoms with van der Waals surface area (Å²) in [6.45, 7) is 3.59. The Balaban J connectivity index is 1.76. The summed E-state index contributed by atoms with van der Waals surface area (Å²) in [5, 5.41) is 10.0. The maximum absolute atomic E-state index is 13.5. The number of nitrogens with zero attached hydrogens (tertiary/aromatic N) is 1. The fourth-order valence-corrected chi connectivity index (χ4v) is 3.42. The van der Waals surface area contributed by atoms with Gasteiger partial charge in [-0.2, -0.15) is 0 Å². The van der Waals surface area contributed by atoms with Gasteiger partial charge in [0.05, 0.1) is 19.2 Å². The van der Waals surface area contributed by atoms with Crippen LogP contribution in [0.5, 0.6) is 0 Å². The molecule has 154 valence electrons. The first-order valence-electron chi connectivity index (χ1n) is 9.25. The Morgan fingerprint density at radius 3 is 2.72 bits per heavy atom. The van der Waals surface area contributed by atoms with E-state index in [9.17, 15) is 23.9 Å². The topological polar surface area (TPSA) is 97.1 Å². The number of aliphatic hydroxyl groups is 1. The summed E-state index contributed by atoms with van der Waals surface area (Å²) in [7, 11) is 1.23. The van der Waals surface area contributed by atoms with E-state index in [1.165, 1.54) is 24.2 Å². The lowest BCUT2D eigenvalue weighted by Gasteiger charge is -2.20. The highest BCUT2D eigenvalue weighted by Gasteiger charge is 2.36. The van der Waals surface area contributed by atoms with Crippen molar-refractivity contribution in [2.24, 2.45) is 5.92 Å². The molecule has 1 aromatic rings. The zero-order chi connectivity index (χ0) is 21.3. The summed E-state index contributed by atoms with van der Waals surface area (Å²) in [6.07, 6.45) is 3.07. The monoisotopic (exact) mass is 403 g/mol. The van der Waals surface area contributed by atoms with Crippen LogP contribution in [-0.4, -0.2) is 47.4 Å². The molecule has 0 spiro atoms. The molecule has 0 radical (unpaired) electrons. The third-order valence-corrected chi connectivity index (χ3v) is 5.06. The first-order valence-corrected chi connectivity index (χ1v) is 9.25. The lowest BCUT2D eigenvalue weighted by atomic mass is 9.87. The highest BCUT2D eigenvalue weighted by molar-refractivity contribution is 6.14. The minimum absolute atomic E-state index is 0.0117. The molecule has 0 saturated heterocycles. The van der Waals surface area contributed by atoms with Crippen LogP contribution in [0.2, 0.25) is 0 Å². The second-order valence-electron chi connectivity index (χ2n) is 7.27. The van der Waals surface area contributed by atoms with Crippen LogP contribution in [0.1, 0.15) is 36.6 Å². The molecule has 0 bridgehead atoms. The minimum atomic E-state index is -0.616. The van der Waals surface area contributed by atoms with Crippen LogP contribution >= 0.6 is 0 Å². The summed E-state index contributed by atoms with van der Waals surface area (Å²) >= 11 is 0. The van der Waals surface area contributed by atoms with Gasteiger partial charge in [-0.25, -0.2) is 9.18 Å². The van der Waals surface area contributed by atoms with E-state index in [-0.39, 0.29) is 41.8 Å². The van der Waals surface area contributed by atoms with Gasteiger partial charge in [0.25, 0.3) is 5.91 Å². The number of carbonyl (C=O) groups excluding carboxylic acids is 3. The molecule has 1 aromatic heterocycles. The van der Waals surface area contributed by atoms with E-state index in [0.29, 0.717) is 12.2 Å². The van der Waals surface area contributed by atoms with Crippen molar-refractivity contribution in [2.75, 3.05) is 13.7 Å². The third kappa shape index (κ3) is 4.01. The number of rotatable bonds is 6. The van der Waals surface area contributed by atoms with E-state index in [1.807, 2.05) is 0 Å². The second kappa shape index (κ2) is 8.06. The van der Waals surface area contributed by atoms with Crippen LogP contribution in [0.25, 0.3) is 0 Å². The molecule has 1 unspecified atom stereocenters. The summed E-state index contributed by atoms with van der Waals surface area (Å²) in [5.74, 6) is -2.77. The number of hydrogen-bond acceptors (Lipinski definition) is 6. The van der Waals surface area contributed by atoms with Crippen LogP contribution in [0.3, 0.4) is 0 Å². The number of halogens is 1. The van der Waals surface area contributed by atoms with E-state index in [2.05, 4.69) is 0 Å². The number of esters is 1. The minimum Gasteiger partial charge on any atom is -0.503 e. The predicted octanol–water partition coefficient (Wildman–Crippen LogP) is 3.04. The molecule has 7 nitrogen and oxygen atoms in total. The molecule has 29 heavy (non-hydrogen) atoms. The molecule has 1 aliphatic heterocycles. The third-order valence-electron chi connectivity index (χ3n) is 5.06. The number of amides is 1. The normalized spacial score (nSPS) is 19.6. The molecule has 2 aliphatic rings. The second-order valence-corrected chi connectivity index (χ2v) is 7.27. The largest absolute Gasteiger partial charge is 0.503 e. The van der Waals surface area contributed by atoms with Gasteiger partial charge in [0.15, 0.2) is 11.5 Å². The molecule has 1 amide bonds. The standard InChI is InChI=1S/C21H22FNO6/c1-11(2)23-10-16(19(25)20(23)26)18(24)17-7-6-14(29-17)8-12-4-5-13(22)9-15(12)21(27)28-3/h5-7,9,11-12,25H,4,8,10H2,1-3H3. The molecule has 3 rings (SSSR count). The van der Waals surface area contributed by atoms with Gasteiger partial charge >= 0.3 is 5.97 Å². The molecule has 1 N–H and O–H groups in total. The van der Waals surface area contributed by atoms with Crippen molar-refractivity contribution >= 4 is 17.7 Å². The molecular formula is C21H22FNO6. The van der Waals surface area contributed by atoms with Gasteiger partial charge in [0.1, 0.15) is 11.6 Å². The Labute approximate surface area is 167 Å². The fraction of sp³-hybridized carbons (Fsp3) is 0.381. The highest BCUT2D eigenvalue weighted by atomic mass is 19.1. The summed E-state index contributed by atoms with van der Waals surface area (Å²) < 4.78 is 23.9. The maximum Gasteiger partial charge on any atom is 0.334 e. The molecule has 8 heteroatoms. The summed E-state index contributed by atoms with van der Waals surface area (Å²) in [4.78, 5) is 38.1. The first kappa shape index (κ1) is 20.6. The number of ketones is 1. The Bertz CT molecular complexity index is 952. The van der Waals surface area contributed by atoms with Gasteiger partial charge in [0, 0.05) is 24.0 Å². The maximum atomic E-state index is 13.5. The van der Waals surface area contributed by atoms with E-state index < -0.39 is 29.2 Å². The number of Topliss-reactive ketones (excluding diaryl/α,β-unsaturated/α-hetero) is 1. The molecule has 1 aliphatic carbocycles. The van der Waals surface area contributed by atoms with Crippen molar-refractivity contribution in [3.8, 4) is 0 Å². The number of allylic oxidation sites excluding steroid dienone is 3. The van der Waals surface area contributed by atoms with Gasteiger partial charge in [0.2, 0.25) is 5.78 Å². The summed E-state index contributed by atoms with van der Waals surface area (Å²) in [5.41, 5.74) is 0.188. The average Bonchev–Trinajstić information content (AvgIpc) is 3.27. The highest BCUT2D eigenvalue weighted by Crippen LogP contribution is 2.30. The van der Waals surface area contributed by atoms with E-state index in [1.54, 1.807) is 19.9 Å². The zero-order valence-corrected chi connectivity index (χ0v) is 16.4. The van der Waals surface area contributed by atoms with Gasteiger partial charge in [-0.1, -0.05) is 0 Å². The Hall–Kier alpha value is -3.16. The zero-order valence-electron chi connectivity index (χ0n) is 16.4. The fourth-order valence-electron chi connectivity index (χ4n) is 3.42. The lowest BCUT2D eigenvalue weighted by Crippen LogP contribution is -2.34. The Kier molecular flexibility index (Phi) is 5.72. The Morgan fingerprint density at radius 2 is 2.10 bits per heavy atom. The smallest absolute Gasteiger partial charge is 0.334 e. The van der Waals surface area contributed by atoms with E-state index >= 15 is 0 Å². The lowest BCUT2D eigenvalue weighted by molar-refractivity contribution is -0.136. The van der Waals surface area contributed by atoms with Crippen molar-refractivity contribution in [1.82, 2.24) is 4.90 Å². The first-order chi connectivity index (χ1) is 13.7. The number of furan rings is 1. The van der Waals surface area contributed by atoms with Gasteiger partial charge in [-0.05, 0) is 44.6 Å². The number of methoxy groups -OCH3 is 1. The molecule has 0 fully saturated rings. The van der Waals surface area contributed by atoms with Crippen molar-refractivity contribution < 1.29 is 33.0 Å². The van der Waals surface area contributed by atoms with E-state index in [0.717, 1.165) is 6.08 Å². The molecule has 1 atom stereocenters. The number of ether oxygens (including phenoxy) is 1. The quantitative estimate of drug-likeness (QED) is 0.579. The van der Waals surface area contributed by atoms with Crippen LogP contribution in [0.15, 0.2) is 51.4 Å². The predicted molar refractivity (Wildman–Crippen MR) is 101 cm³/mol. The van der Waals surface area contributed by atoms with Crippen LogP contribution < -0.4 is 0 Å². The van der Waals surface area contributed by atoms with Gasteiger partial charge in [-0.15, -0.1) is 0 Å².